The molecule has 3 rings (SSSR count). The van der Waals surface area contributed by atoms with Crippen LogP contribution in [0.15, 0.2) is 54.6 Å². The van der Waals surface area contributed by atoms with Crippen molar-refractivity contribution in [3.05, 3.63) is 87.8 Å². The molecule has 3 N–H and O–H groups in total. The highest BCUT2D eigenvalue weighted by molar-refractivity contribution is 7.15. The monoisotopic (exact) mass is 474 g/mol. The predicted octanol–water partition coefficient (Wildman–Crippen LogP) is 4.09. The van der Waals surface area contributed by atoms with Crippen LogP contribution in [0.4, 0.5) is 8.78 Å². The molecule has 0 unspecified atom stereocenters. The summed E-state index contributed by atoms with van der Waals surface area (Å²) in [4.78, 5) is 13.2. The fourth-order valence-electron chi connectivity index (χ4n) is 3.52. The minimum absolute atomic E-state index is 0.0666. The van der Waals surface area contributed by atoms with Crippen LogP contribution in [-0.4, -0.2) is 36.8 Å². The number of halogens is 2. The highest BCUT2D eigenvalue weighted by Crippen LogP contribution is 2.24. The summed E-state index contributed by atoms with van der Waals surface area (Å²) in [7, 11) is 1.51. The van der Waals surface area contributed by atoms with Gasteiger partial charge in [-0.3, -0.25) is 4.79 Å². The molecule has 0 aliphatic heterocycles. The zero-order valence-electron chi connectivity index (χ0n) is 18.6. The van der Waals surface area contributed by atoms with Crippen LogP contribution in [0, 0.1) is 11.6 Å². The number of aliphatic hydroxyl groups is 1. The molecule has 5 nitrogen and oxygen atoms in total. The van der Waals surface area contributed by atoms with Crippen molar-refractivity contribution in [1.29, 1.82) is 0 Å². The maximum Gasteiger partial charge on any atom is 0.261 e. The van der Waals surface area contributed by atoms with E-state index < -0.39 is 23.8 Å². The number of benzene rings is 2. The van der Waals surface area contributed by atoms with Gasteiger partial charge >= 0.3 is 0 Å². The molecule has 176 valence electrons. The number of aliphatic hydroxyl groups excluding tert-OH is 1. The highest BCUT2D eigenvalue weighted by Gasteiger charge is 2.24. The Hall–Kier alpha value is -2.81. The Morgan fingerprint density at radius 2 is 1.79 bits per heavy atom. The van der Waals surface area contributed by atoms with Crippen molar-refractivity contribution in [3.63, 3.8) is 0 Å². The third-order valence-electron chi connectivity index (χ3n) is 5.25. The molecule has 0 spiro atoms. The van der Waals surface area contributed by atoms with Crippen molar-refractivity contribution in [1.82, 2.24) is 10.6 Å². The van der Waals surface area contributed by atoms with Crippen LogP contribution in [-0.2, 0) is 19.4 Å². The fraction of sp³-hybridized carbons (Fsp3) is 0.320. The van der Waals surface area contributed by atoms with Gasteiger partial charge in [-0.05, 0) is 53.8 Å². The number of rotatable bonds is 11. The molecule has 2 aromatic carbocycles. The minimum atomic E-state index is -0.989. The van der Waals surface area contributed by atoms with Crippen LogP contribution in [0.2, 0.25) is 0 Å². The highest BCUT2D eigenvalue weighted by atomic mass is 32.1. The summed E-state index contributed by atoms with van der Waals surface area (Å²) in [5, 5.41) is 17.4. The van der Waals surface area contributed by atoms with E-state index in [-0.39, 0.29) is 18.9 Å². The molecular formula is C25H28F2N2O3S. The van der Waals surface area contributed by atoms with Crippen molar-refractivity contribution in [2.24, 2.45) is 0 Å². The zero-order chi connectivity index (χ0) is 23.8. The first-order chi connectivity index (χ1) is 15.9. The van der Waals surface area contributed by atoms with E-state index in [4.69, 9.17) is 4.74 Å². The third kappa shape index (κ3) is 7.35. The quantitative estimate of drug-likeness (QED) is 0.392. The van der Waals surface area contributed by atoms with E-state index in [0.29, 0.717) is 22.0 Å². The van der Waals surface area contributed by atoms with Crippen molar-refractivity contribution in [3.8, 4) is 5.06 Å². The van der Waals surface area contributed by atoms with Gasteiger partial charge in [0.25, 0.3) is 5.91 Å². The van der Waals surface area contributed by atoms with E-state index in [2.05, 4.69) is 29.7 Å². The first-order valence-corrected chi connectivity index (χ1v) is 11.6. The number of ether oxygens (including phenoxy) is 1. The van der Waals surface area contributed by atoms with E-state index in [0.717, 1.165) is 18.1 Å². The average molecular weight is 475 g/mol. The van der Waals surface area contributed by atoms with Gasteiger partial charge in [-0.25, -0.2) is 8.78 Å². The molecule has 0 aliphatic rings. The largest absolute Gasteiger partial charge is 0.487 e. The number of amides is 1. The molecule has 0 saturated carbocycles. The van der Waals surface area contributed by atoms with E-state index >= 15 is 0 Å². The van der Waals surface area contributed by atoms with Gasteiger partial charge in [0.15, 0.2) is 5.06 Å². The maximum absolute atomic E-state index is 13.7. The normalized spacial score (nSPS) is 12.9. The molecule has 0 bridgehead atoms. The number of carbonyl (C=O) groups excluding carboxylic acids is 1. The van der Waals surface area contributed by atoms with Crippen LogP contribution < -0.4 is 15.4 Å². The summed E-state index contributed by atoms with van der Waals surface area (Å²) in [5.41, 5.74) is 2.65. The maximum atomic E-state index is 13.7. The Balaban J connectivity index is 1.69. The van der Waals surface area contributed by atoms with Crippen LogP contribution in [0.3, 0.4) is 0 Å². The van der Waals surface area contributed by atoms with Gasteiger partial charge in [-0.2, -0.15) is 0 Å². The van der Waals surface area contributed by atoms with Crippen LogP contribution in [0.1, 0.15) is 33.3 Å². The van der Waals surface area contributed by atoms with Gasteiger partial charge in [-0.15, -0.1) is 0 Å². The lowest BCUT2D eigenvalue weighted by Crippen LogP contribution is -2.48. The van der Waals surface area contributed by atoms with Crippen LogP contribution in [0.25, 0.3) is 0 Å². The summed E-state index contributed by atoms with van der Waals surface area (Å²) >= 11 is 1.17. The average Bonchev–Trinajstić information content (AvgIpc) is 3.27. The molecule has 33 heavy (non-hydrogen) atoms. The molecule has 0 fully saturated rings. The van der Waals surface area contributed by atoms with Gasteiger partial charge < -0.3 is 20.5 Å². The van der Waals surface area contributed by atoms with Crippen molar-refractivity contribution < 1.29 is 23.4 Å². The smallest absolute Gasteiger partial charge is 0.261 e. The number of carbonyl (C=O) groups is 1. The van der Waals surface area contributed by atoms with Gasteiger partial charge in [0, 0.05) is 19.2 Å². The fourth-order valence-corrected chi connectivity index (χ4v) is 4.25. The molecule has 0 radical (unpaired) electrons. The minimum Gasteiger partial charge on any atom is -0.487 e. The van der Waals surface area contributed by atoms with Gasteiger partial charge in [0.1, 0.15) is 11.6 Å². The van der Waals surface area contributed by atoms with Crippen molar-refractivity contribution in [2.45, 2.75) is 38.5 Å². The Morgan fingerprint density at radius 3 is 2.45 bits per heavy atom. The zero-order valence-corrected chi connectivity index (χ0v) is 19.4. The topological polar surface area (TPSA) is 70.6 Å². The van der Waals surface area contributed by atoms with E-state index in [1.165, 1.54) is 36.1 Å². The van der Waals surface area contributed by atoms with Crippen molar-refractivity contribution >= 4 is 17.2 Å². The second-order valence-corrected chi connectivity index (χ2v) is 8.80. The molecule has 3 aromatic rings. The lowest BCUT2D eigenvalue weighted by molar-refractivity contribution is 0.0833. The number of methoxy groups -OCH3 is 1. The first-order valence-electron chi connectivity index (χ1n) is 10.7. The Labute approximate surface area is 196 Å². The molecule has 8 heteroatoms. The van der Waals surface area contributed by atoms with E-state index in [9.17, 15) is 18.7 Å². The summed E-state index contributed by atoms with van der Waals surface area (Å²) in [6.45, 7) is 2.82. The first kappa shape index (κ1) is 24.8. The molecule has 0 aliphatic carbocycles. The lowest BCUT2D eigenvalue weighted by Gasteiger charge is -2.25. The molecule has 1 heterocycles. The Kier molecular flexibility index (Phi) is 8.94. The van der Waals surface area contributed by atoms with E-state index in [1.807, 2.05) is 12.1 Å². The molecular weight excluding hydrogens is 446 g/mol. The van der Waals surface area contributed by atoms with Gasteiger partial charge in [0.2, 0.25) is 0 Å². The number of thiophene rings is 1. The SMILES string of the molecule is CCc1cccc(CNC[C@H](O)[C@H](Cc2cc(F)cc(F)c2)NC(=O)c2ccc(OC)s2)c1. The van der Waals surface area contributed by atoms with Crippen LogP contribution in [0.5, 0.6) is 5.06 Å². The van der Waals surface area contributed by atoms with Crippen molar-refractivity contribution in [2.75, 3.05) is 13.7 Å². The number of hydrogen-bond donors (Lipinski definition) is 3. The Morgan fingerprint density at radius 1 is 1.06 bits per heavy atom. The number of hydrogen-bond acceptors (Lipinski definition) is 5. The third-order valence-corrected chi connectivity index (χ3v) is 6.29. The molecule has 1 amide bonds. The molecule has 2 atom stereocenters. The summed E-state index contributed by atoms with van der Waals surface area (Å²) in [5.74, 6) is -1.80. The number of nitrogens with one attached hydrogen (secondary N) is 2. The van der Waals surface area contributed by atoms with E-state index in [1.54, 1.807) is 12.1 Å². The lowest BCUT2D eigenvalue weighted by atomic mass is 10.0. The molecule has 1 aromatic heterocycles. The Bertz CT molecular complexity index is 1050. The molecule has 0 saturated heterocycles. The second kappa shape index (κ2) is 11.9. The van der Waals surface area contributed by atoms with Crippen LogP contribution >= 0.6 is 11.3 Å². The summed E-state index contributed by atoms with van der Waals surface area (Å²) in [6.07, 6.45) is 0.0100. The van der Waals surface area contributed by atoms with Gasteiger partial charge in [0.05, 0.1) is 24.1 Å². The van der Waals surface area contributed by atoms with Gasteiger partial charge in [-0.1, -0.05) is 42.5 Å². The summed E-state index contributed by atoms with van der Waals surface area (Å²) < 4.78 is 32.5. The summed E-state index contributed by atoms with van der Waals surface area (Å²) in [6, 6.07) is 13.9. The predicted molar refractivity (Wildman–Crippen MR) is 126 cm³/mol. The second-order valence-electron chi connectivity index (χ2n) is 7.76. The number of aryl methyl sites for hydroxylation is 1. The standard InChI is InChI=1S/C25H28F2N2O3S/c1-3-16-5-4-6-17(9-16)14-28-15-22(30)21(12-18-10-19(26)13-20(27)11-18)29-25(31)23-7-8-24(32-2)33-23/h4-11,13,21-22,28,30H,3,12,14-15H2,1-2H3,(H,29,31)/t21-,22-/m0/s1.